The van der Waals surface area contributed by atoms with Crippen LogP contribution < -0.4 is 9.46 Å². The zero-order valence-electron chi connectivity index (χ0n) is 18.1. The lowest BCUT2D eigenvalue weighted by Gasteiger charge is -2.27. The van der Waals surface area contributed by atoms with Gasteiger partial charge in [-0.25, -0.2) is 8.42 Å². The largest absolute Gasteiger partial charge is 0.495 e. The van der Waals surface area contributed by atoms with Gasteiger partial charge in [0, 0.05) is 32.4 Å². The molecule has 2 bridgehead atoms. The van der Waals surface area contributed by atoms with E-state index in [4.69, 9.17) is 9.47 Å². The SMILES string of the molecule is COC[C@@H]1[C@H]2C[C@@H]3[C@H]1CN(C(=O)c1ccccc1S(=O)(=O)Nc1cncc(OC)c1)[C@@H]3C2. The standard InChI is InChI=1S/C23H27N3O5S/c1-30-13-20-14-7-18-19(20)12-26(21(18)8-14)23(27)17-5-3-4-6-22(17)32(28,29)25-15-9-16(31-2)11-24-10-15/h3-6,9-11,14,18-21,25H,7-8,12-13H2,1-2H3/t14-,18+,19+,20+,21+/m0/s1. The molecule has 5 atom stereocenters. The van der Waals surface area contributed by atoms with Crippen molar-refractivity contribution in [3.8, 4) is 5.75 Å². The third-order valence-electron chi connectivity index (χ3n) is 7.35. The van der Waals surface area contributed by atoms with E-state index in [0.29, 0.717) is 36.0 Å². The van der Waals surface area contributed by atoms with Gasteiger partial charge in [0.25, 0.3) is 15.9 Å². The fraction of sp³-hybridized carbons (Fsp3) is 0.478. The molecule has 3 aliphatic rings. The smallest absolute Gasteiger partial charge is 0.262 e. The van der Waals surface area contributed by atoms with Gasteiger partial charge >= 0.3 is 0 Å². The van der Waals surface area contributed by atoms with E-state index >= 15 is 0 Å². The van der Waals surface area contributed by atoms with Crippen molar-refractivity contribution in [2.24, 2.45) is 23.7 Å². The quantitative estimate of drug-likeness (QED) is 0.687. The molecule has 0 radical (unpaired) electrons. The zero-order valence-corrected chi connectivity index (χ0v) is 18.9. The van der Waals surface area contributed by atoms with E-state index in [1.165, 1.54) is 25.6 Å². The Morgan fingerprint density at radius 2 is 2.00 bits per heavy atom. The summed E-state index contributed by atoms with van der Waals surface area (Å²) < 4.78 is 39.5. The molecule has 0 unspecified atom stereocenters. The van der Waals surface area contributed by atoms with Crippen LogP contribution in [0, 0.1) is 23.7 Å². The van der Waals surface area contributed by atoms with Gasteiger partial charge in [-0.05, 0) is 48.6 Å². The maximum absolute atomic E-state index is 13.6. The van der Waals surface area contributed by atoms with E-state index < -0.39 is 10.0 Å². The van der Waals surface area contributed by atoms with Crippen LogP contribution in [-0.4, -0.2) is 57.6 Å². The molecule has 32 heavy (non-hydrogen) atoms. The third-order valence-corrected chi connectivity index (χ3v) is 8.79. The topological polar surface area (TPSA) is 97.8 Å². The van der Waals surface area contributed by atoms with Crippen LogP contribution in [0.1, 0.15) is 23.2 Å². The second-order valence-corrected chi connectivity index (χ2v) is 10.6. The van der Waals surface area contributed by atoms with Gasteiger partial charge in [0.1, 0.15) is 10.6 Å². The lowest BCUT2D eigenvalue weighted by Crippen LogP contribution is -2.37. The van der Waals surface area contributed by atoms with E-state index in [0.717, 1.165) is 19.4 Å². The van der Waals surface area contributed by atoms with Gasteiger partial charge < -0.3 is 14.4 Å². The van der Waals surface area contributed by atoms with Crippen LogP contribution in [0.2, 0.25) is 0 Å². The average molecular weight is 458 g/mol. The fourth-order valence-electron chi connectivity index (χ4n) is 6.07. The number of likely N-dealkylation sites (tertiary alicyclic amines) is 1. The molecule has 2 aromatic rings. The monoisotopic (exact) mass is 457 g/mol. The minimum Gasteiger partial charge on any atom is -0.495 e. The Balaban J connectivity index is 1.42. The highest BCUT2D eigenvalue weighted by Gasteiger charge is 2.59. The first-order valence-corrected chi connectivity index (χ1v) is 12.3. The molecule has 8 nitrogen and oxygen atoms in total. The molecule has 2 heterocycles. The number of carbonyl (C=O) groups excluding carboxylic acids is 1. The highest BCUT2D eigenvalue weighted by molar-refractivity contribution is 7.92. The number of carbonyl (C=O) groups is 1. The molecule has 1 amide bonds. The number of sulfonamides is 1. The van der Waals surface area contributed by atoms with E-state index in [9.17, 15) is 13.2 Å². The number of nitrogens with zero attached hydrogens (tertiary/aromatic N) is 2. The van der Waals surface area contributed by atoms with Crippen molar-refractivity contribution in [2.75, 3.05) is 32.1 Å². The Kier molecular flexibility index (Phi) is 5.33. The first-order valence-electron chi connectivity index (χ1n) is 10.8. The highest BCUT2D eigenvalue weighted by atomic mass is 32.2. The number of amides is 1. The van der Waals surface area contributed by atoms with Gasteiger partial charge in [0.2, 0.25) is 0 Å². The Morgan fingerprint density at radius 1 is 1.19 bits per heavy atom. The van der Waals surface area contributed by atoms with Crippen LogP contribution in [0.3, 0.4) is 0 Å². The van der Waals surface area contributed by atoms with Crippen molar-refractivity contribution >= 4 is 21.6 Å². The minimum absolute atomic E-state index is 0.0324. The Bertz CT molecular complexity index is 1140. The minimum atomic E-state index is -4.00. The molecule has 1 aromatic heterocycles. The predicted octanol–water partition coefficient (Wildman–Crippen LogP) is 2.63. The van der Waals surface area contributed by atoms with Crippen LogP contribution in [0.5, 0.6) is 5.75 Å². The van der Waals surface area contributed by atoms with E-state index in [-0.39, 0.29) is 28.1 Å². The second kappa shape index (κ2) is 8.04. The van der Waals surface area contributed by atoms with Gasteiger partial charge in [-0.3, -0.25) is 14.5 Å². The summed E-state index contributed by atoms with van der Waals surface area (Å²) in [5.74, 6) is 2.23. The Labute approximate surface area is 188 Å². The maximum Gasteiger partial charge on any atom is 0.262 e. The normalized spacial score (nSPS) is 28.2. The Morgan fingerprint density at radius 3 is 2.78 bits per heavy atom. The van der Waals surface area contributed by atoms with Gasteiger partial charge in [-0.2, -0.15) is 0 Å². The van der Waals surface area contributed by atoms with Crippen LogP contribution >= 0.6 is 0 Å². The van der Waals surface area contributed by atoms with Crippen LogP contribution in [0.15, 0.2) is 47.6 Å². The number of aromatic nitrogens is 1. The van der Waals surface area contributed by atoms with Crippen molar-refractivity contribution in [2.45, 2.75) is 23.8 Å². The maximum atomic E-state index is 13.6. The molecule has 1 saturated heterocycles. The van der Waals surface area contributed by atoms with E-state index in [1.807, 2.05) is 4.90 Å². The first-order chi connectivity index (χ1) is 15.4. The van der Waals surface area contributed by atoms with Crippen molar-refractivity contribution < 1.29 is 22.7 Å². The number of anilines is 1. The lowest BCUT2D eigenvalue weighted by atomic mass is 9.81. The number of hydrogen-bond acceptors (Lipinski definition) is 6. The van der Waals surface area contributed by atoms with Gasteiger partial charge in [-0.15, -0.1) is 0 Å². The summed E-state index contributed by atoms with van der Waals surface area (Å²) in [5, 5.41) is 0. The molecule has 9 heteroatoms. The van der Waals surface area contributed by atoms with Gasteiger partial charge in [0.15, 0.2) is 0 Å². The molecule has 5 rings (SSSR count). The summed E-state index contributed by atoms with van der Waals surface area (Å²) >= 11 is 0. The highest BCUT2D eigenvalue weighted by Crippen LogP contribution is 2.58. The summed E-state index contributed by atoms with van der Waals surface area (Å²) in [6, 6.07) is 8.14. The average Bonchev–Trinajstić information content (AvgIpc) is 3.42. The number of hydrogen-bond donors (Lipinski definition) is 1. The summed E-state index contributed by atoms with van der Waals surface area (Å²) in [5.41, 5.74) is 0.468. The van der Waals surface area contributed by atoms with E-state index in [1.54, 1.807) is 31.4 Å². The van der Waals surface area contributed by atoms with Gasteiger partial charge in [0.05, 0.1) is 30.8 Å². The third kappa shape index (κ3) is 3.44. The molecule has 0 spiro atoms. The van der Waals surface area contributed by atoms with Crippen LogP contribution in [0.25, 0.3) is 0 Å². The summed E-state index contributed by atoms with van der Waals surface area (Å²) in [4.78, 5) is 19.5. The number of fused-ring (bicyclic) bond motifs is 1. The number of benzene rings is 1. The van der Waals surface area contributed by atoms with Gasteiger partial charge in [-0.1, -0.05) is 12.1 Å². The number of ether oxygens (including phenoxy) is 2. The molecule has 1 aliphatic heterocycles. The van der Waals surface area contributed by atoms with Crippen LogP contribution in [0.4, 0.5) is 5.69 Å². The fourth-order valence-corrected chi connectivity index (χ4v) is 7.31. The summed E-state index contributed by atoms with van der Waals surface area (Å²) in [6.07, 6.45) is 5.00. The summed E-state index contributed by atoms with van der Waals surface area (Å²) in [6.45, 7) is 1.39. The molecule has 2 saturated carbocycles. The molecular formula is C23H27N3O5S. The second-order valence-electron chi connectivity index (χ2n) is 8.92. The van der Waals surface area contributed by atoms with Crippen molar-refractivity contribution in [1.29, 1.82) is 0 Å². The summed E-state index contributed by atoms with van der Waals surface area (Å²) in [7, 11) is -0.788. The predicted molar refractivity (Wildman–Crippen MR) is 118 cm³/mol. The number of nitrogens with one attached hydrogen (secondary N) is 1. The zero-order chi connectivity index (χ0) is 22.5. The Hall–Kier alpha value is -2.65. The molecule has 3 fully saturated rings. The lowest BCUT2D eigenvalue weighted by molar-refractivity contribution is 0.0723. The van der Waals surface area contributed by atoms with Crippen molar-refractivity contribution in [1.82, 2.24) is 9.88 Å². The number of rotatable bonds is 7. The molecule has 170 valence electrons. The number of pyridine rings is 1. The molecule has 1 N–H and O–H groups in total. The molecular weight excluding hydrogens is 430 g/mol. The van der Waals surface area contributed by atoms with Crippen molar-refractivity contribution in [3.63, 3.8) is 0 Å². The van der Waals surface area contributed by atoms with E-state index in [2.05, 4.69) is 9.71 Å². The molecule has 1 aromatic carbocycles. The van der Waals surface area contributed by atoms with Crippen LogP contribution in [-0.2, 0) is 14.8 Å². The van der Waals surface area contributed by atoms with Crippen molar-refractivity contribution in [3.05, 3.63) is 48.3 Å². The molecule has 2 aliphatic carbocycles. The number of methoxy groups -OCH3 is 2. The first kappa shape index (κ1) is 21.2.